The lowest BCUT2D eigenvalue weighted by Crippen LogP contribution is -2.41. The second kappa shape index (κ2) is 4.57. The van der Waals surface area contributed by atoms with Gasteiger partial charge in [-0.2, -0.15) is 0 Å². The molecule has 3 rings (SSSR count). The fourth-order valence-electron chi connectivity index (χ4n) is 3.49. The summed E-state index contributed by atoms with van der Waals surface area (Å²) in [6.07, 6.45) is 0.663. The van der Waals surface area contributed by atoms with Crippen LogP contribution in [-0.2, 0) is 11.0 Å². The summed E-state index contributed by atoms with van der Waals surface area (Å²) in [4.78, 5) is 0. The van der Waals surface area contributed by atoms with Crippen LogP contribution in [-0.4, -0.2) is 15.3 Å². The molecule has 2 aromatic carbocycles. The van der Waals surface area contributed by atoms with Crippen molar-refractivity contribution in [3.63, 3.8) is 0 Å². The lowest BCUT2D eigenvalue weighted by Gasteiger charge is -2.44. The predicted octanol–water partition coefficient (Wildman–Crippen LogP) is 3.78. The molecule has 0 radical (unpaired) electrons. The molecular formula is C18H20O4. The summed E-state index contributed by atoms with van der Waals surface area (Å²) < 4.78 is 6.14. The Balaban J connectivity index is 2.13. The van der Waals surface area contributed by atoms with E-state index >= 15 is 0 Å². The number of aromatic hydroxyl groups is 3. The van der Waals surface area contributed by atoms with Crippen molar-refractivity contribution in [3.8, 4) is 23.0 Å². The zero-order valence-corrected chi connectivity index (χ0v) is 12.9. The van der Waals surface area contributed by atoms with E-state index in [-0.39, 0.29) is 22.7 Å². The van der Waals surface area contributed by atoms with Crippen molar-refractivity contribution in [2.24, 2.45) is 0 Å². The summed E-state index contributed by atoms with van der Waals surface area (Å²) in [5.41, 5.74) is 0.719. The van der Waals surface area contributed by atoms with Gasteiger partial charge in [-0.25, -0.2) is 0 Å². The van der Waals surface area contributed by atoms with Gasteiger partial charge in [0.25, 0.3) is 0 Å². The van der Waals surface area contributed by atoms with E-state index in [1.165, 1.54) is 12.1 Å². The number of hydrogen-bond donors (Lipinski definition) is 3. The van der Waals surface area contributed by atoms with Gasteiger partial charge in [0.05, 0.1) is 0 Å². The lowest BCUT2D eigenvalue weighted by atomic mass is 9.71. The molecule has 3 N–H and O–H groups in total. The van der Waals surface area contributed by atoms with Crippen molar-refractivity contribution in [1.29, 1.82) is 0 Å². The molecule has 0 amide bonds. The summed E-state index contributed by atoms with van der Waals surface area (Å²) in [5, 5.41) is 29.4. The number of phenols is 3. The van der Waals surface area contributed by atoms with Crippen LogP contribution in [0.3, 0.4) is 0 Å². The minimum atomic E-state index is -0.748. The summed E-state index contributed by atoms with van der Waals surface area (Å²) in [6.45, 7) is 6.13. The Morgan fingerprint density at radius 3 is 2.09 bits per heavy atom. The third kappa shape index (κ3) is 2.25. The highest BCUT2D eigenvalue weighted by Crippen LogP contribution is 2.51. The van der Waals surface area contributed by atoms with Gasteiger partial charge in [0, 0.05) is 29.7 Å². The summed E-state index contributed by atoms with van der Waals surface area (Å²) in [6, 6.07) is 9.66. The maximum absolute atomic E-state index is 10.2. The molecule has 0 unspecified atom stereocenters. The lowest BCUT2D eigenvalue weighted by molar-refractivity contribution is 0.0302. The number of rotatable bonds is 1. The molecule has 4 heteroatoms. The molecule has 1 atom stereocenters. The molecular weight excluding hydrogens is 280 g/mol. The van der Waals surface area contributed by atoms with E-state index in [1.54, 1.807) is 18.2 Å². The topological polar surface area (TPSA) is 69.9 Å². The Hall–Kier alpha value is -2.36. The van der Waals surface area contributed by atoms with E-state index in [0.717, 1.165) is 5.56 Å². The Morgan fingerprint density at radius 2 is 1.45 bits per heavy atom. The van der Waals surface area contributed by atoms with Gasteiger partial charge < -0.3 is 20.1 Å². The van der Waals surface area contributed by atoms with Crippen LogP contribution in [0.2, 0.25) is 0 Å². The fourth-order valence-corrected chi connectivity index (χ4v) is 3.49. The van der Waals surface area contributed by atoms with Crippen molar-refractivity contribution in [2.75, 3.05) is 0 Å². The van der Waals surface area contributed by atoms with Crippen molar-refractivity contribution in [3.05, 3.63) is 47.5 Å². The fraction of sp³-hybridized carbons (Fsp3) is 0.333. The van der Waals surface area contributed by atoms with E-state index in [1.807, 2.05) is 13.0 Å². The van der Waals surface area contributed by atoms with Gasteiger partial charge >= 0.3 is 0 Å². The third-order valence-corrected chi connectivity index (χ3v) is 4.36. The van der Waals surface area contributed by atoms with Gasteiger partial charge in [0.15, 0.2) is 0 Å². The Bertz CT molecular complexity index is 736. The third-order valence-electron chi connectivity index (χ3n) is 4.36. The number of phenolic OH excluding ortho intramolecular Hbond substituents is 3. The average molecular weight is 300 g/mol. The molecule has 0 fully saturated rings. The van der Waals surface area contributed by atoms with Crippen LogP contribution in [0.15, 0.2) is 36.4 Å². The minimum Gasteiger partial charge on any atom is -0.508 e. The van der Waals surface area contributed by atoms with Crippen molar-refractivity contribution >= 4 is 0 Å². The van der Waals surface area contributed by atoms with E-state index < -0.39 is 5.60 Å². The van der Waals surface area contributed by atoms with Crippen LogP contribution in [0.1, 0.15) is 38.3 Å². The van der Waals surface area contributed by atoms with Crippen LogP contribution < -0.4 is 4.74 Å². The van der Waals surface area contributed by atoms with Gasteiger partial charge in [-0.3, -0.25) is 0 Å². The normalized spacial score (nSPS) is 22.7. The van der Waals surface area contributed by atoms with Gasteiger partial charge in [-0.15, -0.1) is 0 Å². The van der Waals surface area contributed by atoms with Crippen LogP contribution >= 0.6 is 0 Å². The molecule has 22 heavy (non-hydrogen) atoms. The Morgan fingerprint density at radius 1 is 0.864 bits per heavy atom. The van der Waals surface area contributed by atoms with Crippen LogP contribution in [0.25, 0.3) is 0 Å². The first-order valence-corrected chi connectivity index (χ1v) is 7.26. The molecule has 0 aliphatic carbocycles. The van der Waals surface area contributed by atoms with E-state index in [2.05, 4.69) is 13.8 Å². The molecule has 1 aliphatic rings. The molecule has 0 spiro atoms. The Kier molecular flexibility index (Phi) is 3.02. The minimum absolute atomic E-state index is 0.00176. The quantitative estimate of drug-likeness (QED) is 0.749. The Labute approximate surface area is 129 Å². The number of fused-ring (bicyclic) bond motifs is 1. The van der Waals surface area contributed by atoms with E-state index in [4.69, 9.17) is 4.74 Å². The van der Waals surface area contributed by atoms with Crippen molar-refractivity contribution in [2.45, 2.75) is 38.2 Å². The highest BCUT2D eigenvalue weighted by Gasteiger charge is 2.44. The highest BCUT2D eigenvalue weighted by atomic mass is 16.5. The first-order valence-electron chi connectivity index (χ1n) is 7.26. The molecule has 4 nitrogen and oxygen atoms in total. The number of ether oxygens (including phenoxy) is 1. The maximum Gasteiger partial charge on any atom is 0.136 e. The first kappa shape index (κ1) is 14.6. The van der Waals surface area contributed by atoms with Crippen molar-refractivity contribution < 1.29 is 20.1 Å². The largest absolute Gasteiger partial charge is 0.508 e. The van der Waals surface area contributed by atoms with E-state index in [0.29, 0.717) is 17.7 Å². The second-order valence-corrected chi connectivity index (χ2v) is 6.78. The molecule has 0 saturated heterocycles. The van der Waals surface area contributed by atoms with Crippen LogP contribution in [0.4, 0.5) is 0 Å². The molecule has 116 valence electrons. The summed E-state index contributed by atoms with van der Waals surface area (Å²) in [7, 11) is 0. The predicted molar refractivity (Wildman–Crippen MR) is 83.5 cm³/mol. The van der Waals surface area contributed by atoms with Gasteiger partial charge in [0.2, 0.25) is 0 Å². The zero-order valence-electron chi connectivity index (χ0n) is 12.9. The van der Waals surface area contributed by atoms with Crippen LogP contribution in [0, 0.1) is 0 Å². The number of benzene rings is 2. The highest BCUT2D eigenvalue weighted by molar-refractivity contribution is 5.50. The van der Waals surface area contributed by atoms with Gasteiger partial charge in [-0.05, 0) is 30.5 Å². The average Bonchev–Trinajstić information content (AvgIpc) is 2.35. The molecule has 2 aromatic rings. The summed E-state index contributed by atoms with van der Waals surface area (Å²) in [5.74, 6) is 0.778. The molecule has 0 bridgehead atoms. The summed E-state index contributed by atoms with van der Waals surface area (Å²) >= 11 is 0. The van der Waals surface area contributed by atoms with Crippen LogP contribution in [0.5, 0.6) is 23.0 Å². The molecule has 0 saturated carbocycles. The molecule has 1 heterocycles. The zero-order chi connectivity index (χ0) is 16.1. The first-order chi connectivity index (χ1) is 10.2. The van der Waals surface area contributed by atoms with Crippen molar-refractivity contribution in [1.82, 2.24) is 0 Å². The SMILES string of the molecule is CC1(C)C[C@](C)(c2ccc(O)cc2O)Oc2cc(O)ccc21. The van der Waals surface area contributed by atoms with Gasteiger partial charge in [-0.1, -0.05) is 19.9 Å². The van der Waals surface area contributed by atoms with E-state index in [9.17, 15) is 15.3 Å². The maximum atomic E-state index is 10.2. The number of hydrogen-bond acceptors (Lipinski definition) is 4. The monoisotopic (exact) mass is 300 g/mol. The molecule has 1 aliphatic heterocycles. The standard InChI is InChI=1S/C18H20O4/c1-17(2)10-18(3,13-6-4-11(19)8-15(13)21)22-16-9-12(20)5-7-14(16)17/h4-9,19-21H,10H2,1-3H3/t18-/m1/s1. The van der Waals surface area contributed by atoms with Gasteiger partial charge in [0.1, 0.15) is 28.6 Å². The second-order valence-electron chi connectivity index (χ2n) is 6.78. The smallest absolute Gasteiger partial charge is 0.136 e. The molecule has 0 aromatic heterocycles.